The third-order valence-electron chi connectivity index (χ3n) is 13.9. The molecule has 284 valence electrons. The van der Waals surface area contributed by atoms with E-state index >= 15 is 0 Å². The molecule has 61 heavy (non-hydrogen) atoms. The van der Waals surface area contributed by atoms with Crippen molar-refractivity contribution in [3.63, 3.8) is 0 Å². The summed E-state index contributed by atoms with van der Waals surface area (Å²) in [7, 11) is 0. The number of anilines is 3. The van der Waals surface area contributed by atoms with E-state index in [1.165, 1.54) is 88.7 Å². The zero-order valence-electron chi connectivity index (χ0n) is 33.5. The minimum Gasteiger partial charge on any atom is -0.310 e. The average Bonchev–Trinajstić information content (AvgIpc) is 3.91. The summed E-state index contributed by atoms with van der Waals surface area (Å²) in [5.74, 6) is 0. The minimum absolute atomic E-state index is 0.422. The lowest BCUT2D eigenvalue weighted by Gasteiger charge is -2.34. The molecule has 0 N–H and O–H groups in total. The van der Waals surface area contributed by atoms with Crippen LogP contribution in [0.1, 0.15) is 44.5 Å². The van der Waals surface area contributed by atoms with Crippen LogP contribution in [-0.4, -0.2) is 0 Å². The normalized spacial score (nSPS) is 14.2. The summed E-state index contributed by atoms with van der Waals surface area (Å²) in [5.41, 5.74) is 20.9. The summed E-state index contributed by atoms with van der Waals surface area (Å²) < 4.78 is 0. The molecule has 0 aromatic heterocycles. The van der Waals surface area contributed by atoms with Gasteiger partial charge in [-0.15, -0.1) is 0 Å². The lowest BCUT2D eigenvalue weighted by atomic mass is 9.67. The second-order valence-electron chi connectivity index (χ2n) is 16.7. The molecule has 0 unspecified atom stereocenters. The SMILES string of the molecule is c1ccc(N(c2ccc3c(c2)C2(c4ccccc4-c4ccccc42)c2ccccc2-3)c2ccc3cc4c(cc3c2)C(c2ccccc2)(c2ccccc2)c2ccccc2-4)cc1. The van der Waals surface area contributed by atoms with Gasteiger partial charge in [-0.1, -0.05) is 188 Å². The van der Waals surface area contributed by atoms with Crippen molar-refractivity contribution in [1.29, 1.82) is 0 Å². The summed E-state index contributed by atoms with van der Waals surface area (Å²) in [6.07, 6.45) is 0. The number of benzene rings is 10. The van der Waals surface area contributed by atoms with Crippen molar-refractivity contribution in [2.45, 2.75) is 10.8 Å². The molecule has 1 heteroatoms. The van der Waals surface area contributed by atoms with Gasteiger partial charge in [-0.3, -0.25) is 0 Å². The summed E-state index contributed by atoms with van der Waals surface area (Å²) in [4.78, 5) is 2.45. The Morgan fingerprint density at radius 2 is 0.639 bits per heavy atom. The standard InChI is InChI=1S/C60H39N/c1-4-18-42(19-5-1)59(43-20-6-2-7-21-43)53-28-14-13-27-50(53)52-37-40-32-33-45(36-41(40)38-57(52)59)61(44-22-8-3-9-23-44)46-34-35-51-49-26-12-17-31-56(49)60(58(51)39-46)54-29-15-10-24-47(54)48-25-11-16-30-55(48)60/h1-39H. The van der Waals surface area contributed by atoms with Gasteiger partial charge in [-0.05, 0) is 137 Å². The van der Waals surface area contributed by atoms with Gasteiger partial charge in [0, 0.05) is 17.1 Å². The third kappa shape index (κ3) is 4.55. The maximum absolute atomic E-state index is 2.49. The number of nitrogens with zero attached hydrogens (tertiary/aromatic N) is 1. The second-order valence-corrected chi connectivity index (χ2v) is 16.7. The van der Waals surface area contributed by atoms with Crippen LogP contribution in [0, 0.1) is 0 Å². The van der Waals surface area contributed by atoms with Crippen molar-refractivity contribution in [3.8, 4) is 33.4 Å². The van der Waals surface area contributed by atoms with Crippen molar-refractivity contribution in [2.75, 3.05) is 4.90 Å². The quantitative estimate of drug-likeness (QED) is 0.168. The molecule has 10 aromatic carbocycles. The van der Waals surface area contributed by atoms with Gasteiger partial charge in [0.2, 0.25) is 0 Å². The highest BCUT2D eigenvalue weighted by atomic mass is 15.1. The Morgan fingerprint density at radius 1 is 0.230 bits per heavy atom. The molecule has 3 aliphatic rings. The Bertz CT molecular complexity index is 3260. The molecule has 0 amide bonds. The molecule has 0 bridgehead atoms. The summed E-state index contributed by atoms with van der Waals surface area (Å²) in [6, 6.07) is 88.4. The van der Waals surface area contributed by atoms with E-state index in [0.29, 0.717) is 0 Å². The van der Waals surface area contributed by atoms with Crippen molar-refractivity contribution in [3.05, 3.63) is 281 Å². The summed E-state index contributed by atoms with van der Waals surface area (Å²) in [6.45, 7) is 0. The third-order valence-corrected chi connectivity index (χ3v) is 13.9. The van der Waals surface area contributed by atoms with Gasteiger partial charge in [0.25, 0.3) is 0 Å². The van der Waals surface area contributed by atoms with E-state index in [9.17, 15) is 0 Å². The van der Waals surface area contributed by atoms with Crippen LogP contribution in [0.4, 0.5) is 17.1 Å². The zero-order chi connectivity index (χ0) is 40.1. The maximum atomic E-state index is 2.49. The van der Waals surface area contributed by atoms with Crippen molar-refractivity contribution < 1.29 is 0 Å². The fourth-order valence-corrected chi connectivity index (χ4v) is 11.6. The van der Waals surface area contributed by atoms with Gasteiger partial charge in [0.15, 0.2) is 0 Å². The molecule has 1 spiro atoms. The fourth-order valence-electron chi connectivity index (χ4n) is 11.6. The Labute approximate surface area is 356 Å². The van der Waals surface area contributed by atoms with Crippen LogP contribution in [0.15, 0.2) is 237 Å². The van der Waals surface area contributed by atoms with Crippen molar-refractivity contribution >= 4 is 27.8 Å². The highest BCUT2D eigenvalue weighted by Gasteiger charge is 2.52. The lowest BCUT2D eigenvalue weighted by Crippen LogP contribution is -2.28. The smallest absolute Gasteiger partial charge is 0.0726 e. The first-order chi connectivity index (χ1) is 30.3. The average molecular weight is 774 g/mol. The second kappa shape index (κ2) is 12.9. The lowest BCUT2D eigenvalue weighted by molar-refractivity contribution is 0.769. The summed E-state index contributed by atoms with van der Waals surface area (Å²) in [5, 5.41) is 2.44. The van der Waals surface area contributed by atoms with Crippen LogP contribution >= 0.6 is 0 Å². The Morgan fingerprint density at radius 3 is 1.20 bits per heavy atom. The molecule has 0 fully saturated rings. The van der Waals surface area contributed by atoms with Crippen molar-refractivity contribution in [2.24, 2.45) is 0 Å². The molecule has 13 rings (SSSR count). The van der Waals surface area contributed by atoms with Gasteiger partial charge in [-0.25, -0.2) is 0 Å². The molecule has 1 nitrogen and oxygen atoms in total. The topological polar surface area (TPSA) is 3.24 Å². The van der Waals surface area contributed by atoms with Crippen LogP contribution in [-0.2, 0) is 10.8 Å². The highest BCUT2D eigenvalue weighted by Crippen LogP contribution is 2.63. The van der Waals surface area contributed by atoms with Crippen LogP contribution in [0.3, 0.4) is 0 Å². The Kier molecular flexibility index (Phi) is 7.21. The molecule has 0 radical (unpaired) electrons. The maximum Gasteiger partial charge on any atom is 0.0726 e. The number of fused-ring (bicyclic) bond motifs is 14. The van der Waals surface area contributed by atoms with Crippen LogP contribution in [0.2, 0.25) is 0 Å². The number of hydrogen-bond acceptors (Lipinski definition) is 1. The summed E-state index contributed by atoms with van der Waals surface area (Å²) >= 11 is 0. The Balaban J connectivity index is 1.05. The molecule has 0 saturated carbocycles. The van der Waals surface area contributed by atoms with Crippen LogP contribution in [0.25, 0.3) is 44.2 Å². The van der Waals surface area contributed by atoms with E-state index in [1.54, 1.807) is 0 Å². The highest BCUT2D eigenvalue weighted by molar-refractivity contribution is 5.99. The molecule has 3 aliphatic carbocycles. The number of rotatable bonds is 5. The molecule has 0 heterocycles. The van der Waals surface area contributed by atoms with Gasteiger partial charge >= 0.3 is 0 Å². The zero-order valence-corrected chi connectivity index (χ0v) is 33.5. The van der Waals surface area contributed by atoms with E-state index in [-0.39, 0.29) is 0 Å². The fraction of sp³-hybridized carbons (Fsp3) is 0.0333. The van der Waals surface area contributed by atoms with E-state index in [0.717, 1.165) is 17.1 Å². The van der Waals surface area contributed by atoms with Crippen LogP contribution in [0.5, 0.6) is 0 Å². The first-order valence-corrected chi connectivity index (χ1v) is 21.3. The van der Waals surface area contributed by atoms with E-state index < -0.39 is 10.8 Å². The predicted molar refractivity (Wildman–Crippen MR) is 252 cm³/mol. The van der Waals surface area contributed by atoms with Gasteiger partial charge in [-0.2, -0.15) is 0 Å². The Hall–Kier alpha value is -7.74. The number of para-hydroxylation sites is 1. The van der Waals surface area contributed by atoms with Gasteiger partial charge < -0.3 is 4.90 Å². The minimum atomic E-state index is -0.463. The van der Waals surface area contributed by atoms with Gasteiger partial charge in [0.1, 0.15) is 0 Å². The molecule has 0 saturated heterocycles. The van der Waals surface area contributed by atoms with Crippen LogP contribution < -0.4 is 4.90 Å². The molecular formula is C60H39N. The largest absolute Gasteiger partial charge is 0.310 e. The van der Waals surface area contributed by atoms with Crippen molar-refractivity contribution in [1.82, 2.24) is 0 Å². The van der Waals surface area contributed by atoms with E-state index in [1.807, 2.05) is 0 Å². The van der Waals surface area contributed by atoms with E-state index in [4.69, 9.17) is 0 Å². The first kappa shape index (κ1) is 34.2. The monoisotopic (exact) mass is 773 g/mol. The number of hydrogen-bond donors (Lipinski definition) is 0. The predicted octanol–water partition coefficient (Wildman–Crippen LogP) is 15.0. The van der Waals surface area contributed by atoms with Gasteiger partial charge in [0.05, 0.1) is 10.8 Å². The first-order valence-electron chi connectivity index (χ1n) is 21.3. The molecule has 0 aliphatic heterocycles. The molecular weight excluding hydrogens is 735 g/mol. The molecule has 10 aromatic rings. The molecule has 0 atom stereocenters. The van der Waals surface area contributed by atoms with E-state index in [2.05, 4.69) is 241 Å².